The van der Waals surface area contributed by atoms with E-state index in [2.05, 4.69) is 62.5 Å². The molecule has 0 saturated heterocycles. The number of hydrogen-bond donors (Lipinski definition) is 0. The molecule has 4 heteroatoms. The van der Waals surface area contributed by atoms with Gasteiger partial charge in [-0.1, -0.05) is 0 Å². The molecule has 1 radical (unpaired) electrons. The van der Waals surface area contributed by atoms with Gasteiger partial charge in [-0.05, 0) is 0 Å². The van der Waals surface area contributed by atoms with Crippen LogP contribution in [0.5, 0.6) is 0 Å². The topological polar surface area (TPSA) is 0 Å². The zero-order valence-corrected chi connectivity index (χ0v) is 16.8. The minimum Gasteiger partial charge on any atom is -1.00 e. The van der Waals surface area contributed by atoms with Gasteiger partial charge >= 0.3 is 122 Å². The van der Waals surface area contributed by atoms with E-state index in [9.17, 15) is 0 Å². The summed E-state index contributed by atoms with van der Waals surface area (Å²) in [7, 11) is 0. The third kappa shape index (κ3) is 3.30. The van der Waals surface area contributed by atoms with Gasteiger partial charge in [0.1, 0.15) is 0 Å². The Kier molecular flexibility index (Phi) is 6.73. The average Bonchev–Trinajstić information content (AvgIpc) is 2.66. The molecular weight excluding hydrogens is 382 g/mol. The summed E-state index contributed by atoms with van der Waals surface area (Å²) in [5.74, 6) is -0.0153. The Balaban J connectivity index is 0.000001000. The van der Waals surface area contributed by atoms with E-state index in [-0.39, 0.29) is 53.1 Å². The molecule has 1 unspecified atom stereocenters. The predicted octanol–water partition coefficient (Wildman–Crippen LogP) is -1.36. The van der Waals surface area contributed by atoms with E-state index in [1.807, 2.05) is 0 Å². The molecule has 0 spiro atoms. The molecule has 103 valence electrons. The smallest absolute Gasteiger partial charge is 1.00 e. The molecular formula is C16H17Cl2SiZr. The van der Waals surface area contributed by atoms with Crippen molar-refractivity contribution < 1.29 is 47.2 Å². The van der Waals surface area contributed by atoms with Crippen LogP contribution >= 0.6 is 0 Å². The van der Waals surface area contributed by atoms with Crippen molar-refractivity contribution in [3.63, 3.8) is 0 Å². The quantitative estimate of drug-likeness (QED) is 0.548. The van der Waals surface area contributed by atoms with E-state index < -0.39 is 0 Å². The summed E-state index contributed by atoms with van der Waals surface area (Å²) in [5, 5.41) is 2.82. The van der Waals surface area contributed by atoms with Crippen LogP contribution < -0.4 is 24.8 Å². The van der Waals surface area contributed by atoms with Crippen LogP contribution in [0.2, 0.25) is 13.1 Å². The number of benzene rings is 2. The first-order valence-corrected chi connectivity index (χ1v) is 14.0. The van der Waals surface area contributed by atoms with Gasteiger partial charge in [0.05, 0.1) is 0 Å². The van der Waals surface area contributed by atoms with E-state index in [1.54, 1.807) is 11.1 Å². The third-order valence-electron chi connectivity index (χ3n) is 3.58. The number of halogens is 2. The summed E-state index contributed by atoms with van der Waals surface area (Å²) in [6.07, 6.45) is 2.45. The SMILES string of the molecule is CC1=Cc2c(ccc3ccccc23)[CH]1[Zr+2][Si](C)C.[Cl-].[Cl-]. The Morgan fingerprint density at radius 3 is 2.40 bits per heavy atom. The van der Waals surface area contributed by atoms with Gasteiger partial charge in [0.25, 0.3) is 0 Å². The second kappa shape index (κ2) is 7.40. The van der Waals surface area contributed by atoms with Crippen LogP contribution in [-0.4, -0.2) is 5.92 Å². The Morgan fingerprint density at radius 2 is 1.70 bits per heavy atom. The molecule has 0 heterocycles. The minimum absolute atomic E-state index is 0. The minimum atomic E-state index is -0.263. The molecule has 0 bridgehead atoms. The van der Waals surface area contributed by atoms with Crippen molar-refractivity contribution >= 4 is 22.8 Å². The zero-order chi connectivity index (χ0) is 12.7. The third-order valence-corrected chi connectivity index (χ3v) is 12.7. The van der Waals surface area contributed by atoms with Crippen LogP contribution in [0.3, 0.4) is 0 Å². The fraction of sp³-hybridized carbons (Fsp3) is 0.250. The molecule has 1 aliphatic rings. The van der Waals surface area contributed by atoms with Gasteiger partial charge in [0.15, 0.2) is 0 Å². The Hall–Kier alpha value is 0.120. The van der Waals surface area contributed by atoms with Crippen molar-refractivity contribution in [3.8, 4) is 0 Å². The van der Waals surface area contributed by atoms with Crippen molar-refractivity contribution in [2.75, 3.05) is 0 Å². The molecule has 2 aromatic carbocycles. The molecule has 20 heavy (non-hydrogen) atoms. The molecule has 1 aliphatic carbocycles. The number of rotatable bonds is 2. The summed E-state index contributed by atoms with van der Waals surface area (Å²) < 4.78 is 0.845. The van der Waals surface area contributed by atoms with Crippen molar-refractivity contribution in [2.24, 2.45) is 0 Å². The maximum atomic E-state index is 2.49. The molecule has 0 fully saturated rings. The molecule has 0 aromatic heterocycles. The second-order valence-electron chi connectivity index (χ2n) is 5.26. The summed E-state index contributed by atoms with van der Waals surface area (Å²) in [6, 6.07) is 13.5. The van der Waals surface area contributed by atoms with E-state index in [1.165, 1.54) is 16.3 Å². The van der Waals surface area contributed by atoms with Crippen LogP contribution in [0.25, 0.3) is 16.8 Å². The molecule has 0 N–H and O–H groups in total. The fourth-order valence-electron chi connectivity index (χ4n) is 2.76. The molecule has 1 atom stereocenters. The van der Waals surface area contributed by atoms with Crippen LogP contribution in [0.15, 0.2) is 42.0 Å². The van der Waals surface area contributed by atoms with Crippen LogP contribution in [0.1, 0.15) is 21.7 Å². The van der Waals surface area contributed by atoms with E-state index in [0.29, 0.717) is 0 Å². The van der Waals surface area contributed by atoms with Crippen molar-refractivity contribution in [1.29, 1.82) is 0 Å². The summed E-state index contributed by atoms with van der Waals surface area (Å²) in [4.78, 5) is 0. The molecule has 0 aliphatic heterocycles. The standard InChI is InChI=1S/C14H11.C2H6Si.2ClH.Zr/c1-10-8-12-7-6-11-4-2-3-5-13(11)14(12)9-10;1-3-2;;;/h2-9H,1H3;1-2H3;2*1H;/q;;;;+2/p-2. The van der Waals surface area contributed by atoms with E-state index in [0.717, 1.165) is 3.63 Å². The number of hydrogen-bond acceptors (Lipinski definition) is 0. The van der Waals surface area contributed by atoms with Crippen LogP contribution in [0.4, 0.5) is 0 Å². The van der Waals surface area contributed by atoms with Crippen LogP contribution in [0, 0.1) is 0 Å². The predicted molar refractivity (Wildman–Crippen MR) is 77.8 cm³/mol. The van der Waals surface area contributed by atoms with Gasteiger partial charge in [0, 0.05) is 0 Å². The van der Waals surface area contributed by atoms with Gasteiger partial charge in [-0.3, -0.25) is 0 Å². The van der Waals surface area contributed by atoms with Crippen LogP contribution in [-0.2, 0) is 22.4 Å². The van der Waals surface area contributed by atoms with Crippen molar-refractivity contribution in [2.45, 2.75) is 23.6 Å². The summed E-state index contributed by atoms with van der Waals surface area (Å²) >= 11 is -0.263. The zero-order valence-electron chi connectivity index (χ0n) is 11.9. The first-order valence-electron chi connectivity index (χ1n) is 6.43. The van der Waals surface area contributed by atoms with Gasteiger partial charge in [-0.25, -0.2) is 0 Å². The van der Waals surface area contributed by atoms with Crippen molar-refractivity contribution in [3.05, 3.63) is 53.1 Å². The van der Waals surface area contributed by atoms with Gasteiger partial charge in [-0.2, -0.15) is 0 Å². The average molecular weight is 400 g/mol. The summed E-state index contributed by atoms with van der Waals surface area (Å²) in [5.41, 5.74) is 4.77. The Bertz CT molecular complexity index is 637. The molecule has 2 aromatic rings. The Labute approximate surface area is 146 Å². The van der Waals surface area contributed by atoms with E-state index >= 15 is 0 Å². The maximum Gasteiger partial charge on any atom is -1.00 e. The number of allylic oxidation sites excluding steroid dienone is 1. The molecule has 0 saturated carbocycles. The van der Waals surface area contributed by atoms with E-state index in [4.69, 9.17) is 0 Å². The second-order valence-corrected chi connectivity index (χ2v) is 18.5. The van der Waals surface area contributed by atoms with Gasteiger partial charge in [-0.15, -0.1) is 0 Å². The van der Waals surface area contributed by atoms with Gasteiger partial charge in [0.2, 0.25) is 0 Å². The molecule has 0 amide bonds. The first kappa shape index (κ1) is 18.2. The largest absolute Gasteiger partial charge is 1.00 e. The first-order chi connectivity index (χ1) is 8.66. The van der Waals surface area contributed by atoms with Gasteiger partial charge < -0.3 is 24.8 Å². The summed E-state index contributed by atoms with van der Waals surface area (Å²) in [6.45, 7) is 7.32. The maximum absolute atomic E-state index is 2.49. The Morgan fingerprint density at radius 1 is 1.00 bits per heavy atom. The normalized spacial score (nSPS) is 16.0. The molecule has 3 rings (SSSR count). The fourth-order valence-corrected chi connectivity index (χ4v) is 11.6. The monoisotopic (exact) mass is 397 g/mol. The molecule has 0 nitrogen and oxygen atoms in total. The number of fused-ring (bicyclic) bond motifs is 3. The van der Waals surface area contributed by atoms with Crippen molar-refractivity contribution in [1.82, 2.24) is 0 Å².